The van der Waals surface area contributed by atoms with E-state index in [0.29, 0.717) is 0 Å². The van der Waals surface area contributed by atoms with Gasteiger partial charge in [0.05, 0.1) is 5.52 Å². The van der Waals surface area contributed by atoms with Crippen LogP contribution in [0.3, 0.4) is 0 Å². The topological polar surface area (TPSA) is 43.6 Å². The van der Waals surface area contributed by atoms with Crippen LogP contribution in [0, 0.1) is 0 Å². The number of rotatable bonds is 2. The minimum Gasteiger partial charge on any atom is -0.268 e. The van der Waals surface area contributed by atoms with Gasteiger partial charge in [0.2, 0.25) is 0 Å². The summed E-state index contributed by atoms with van der Waals surface area (Å²) in [6.07, 6.45) is 5.97. The van der Waals surface area contributed by atoms with Gasteiger partial charge >= 0.3 is 0 Å². The molecule has 23 heavy (non-hydrogen) atoms. The van der Waals surface area contributed by atoms with Crippen molar-refractivity contribution in [1.82, 2.24) is 19.7 Å². The Labute approximate surface area is 137 Å². The van der Waals surface area contributed by atoms with E-state index in [1.165, 1.54) is 22.2 Å². The Bertz CT molecular complexity index is 996. The van der Waals surface area contributed by atoms with E-state index in [1.54, 1.807) is 11.3 Å². The van der Waals surface area contributed by atoms with Crippen LogP contribution in [0.25, 0.3) is 32.7 Å². The van der Waals surface area contributed by atoms with Crippen LogP contribution >= 0.6 is 11.3 Å². The molecule has 0 fully saturated rings. The van der Waals surface area contributed by atoms with Gasteiger partial charge in [0.1, 0.15) is 10.7 Å². The number of para-hydroxylation sites is 1. The minimum absolute atomic E-state index is 0.989. The zero-order chi connectivity index (χ0) is 15.2. The fraction of sp³-hybridized carbons (Fsp3) is 0.167. The molecule has 0 radical (unpaired) electrons. The van der Waals surface area contributed by atoms with Gasteiger partial charge in [-0.05, 0) is 30.5 Å². The Hall–Kier alpha value is -2.53. The lowest BCUT2D eigenvalue weighted by atomic mass is 9.98. The van der Waals surface area contributed by atoms with Gasteiger partial charge in [-0.15, -0.1) is 11.3 Å². The number of benzene rings is 1. The van der Waals surface area contributed by atoms with Crippen LogP contribution < -0.4 is 0 Å². The number of fused-ring (bicyclic) bond motifs is 2. The average Bonchev–Trinajstić information content (AvgIpc) is 3.30. The number of pyridine rings is 1. The standard InChI is InChI=1S/C18H14N4S/c1-2-5-14-12(4-1)13(7-8-19-14)16-15-6-3-10-22(15)21-17(16)18-20-9-11-23-18/h1-2,4-5,7-9,11H,3,6,10H2. The molecule has 3 aromatic heterocycles. The predicted octanol–water partition coefficient (Wildman–Crippen LogP) is 4.17. The number of aromatic nitrogens is 4. The number of thiazole rings is 1. The smallest absolute Gasteiger partial charge is 0.144 e. The Kier molecular flexibility index (Phi) is 2.81. The van der Waals surface area contributed by atoms with E-state index in [-0.39, 0.29) is 0 Å². The van der Waals surface area contributed by atoms with Gasteiger partial charge < -0.3 is 0 Å². The van der Waals surface area contributed by atoms with Crippen LogP contribution in [0.1, 0.15) is 12.1 Å². The molecule has 5 rings (SSSR count). The summed E-state index contributed by atoms with van der Waals surface area (Å²) < 4.78 is 2.15. The lowest BCUT2D eigenvalue weighted by Gasteiger charge is -2.07. The van der Waals surface area contributed by atoms with E-state index in [9.17, 15) is 0 Å². The molecule has 0 bridgehead atoms. The summed E-state index contributed by atoms with van der Waals surface area (Å²) in [6, 6.07) is 10.4. The highest BCUT2D eigenvalue weighted by atomic mass is 32.1. The van der Waals surface area contributed by atoms with Gasteiger partial charge in [-0.25, -0.2) is 4.98 Å². The number of hydrogen-bond acceptors (Lipinski definition) is 4. The maximum absolute atomic E-state index is 4.86. The molecule has 0 amide bonds. The predicted molar refractivity (Wildman–Crippen MR) is 92.4 cm³/mol. The van der Waals surface area contributed by atoms with Crippen molar-refractivity contribution in [3.8, 4) is 21.8 Å². The maximum atomic E-state index is 4.86. The van der Waals surface area contributed by atoms with Crippen molar-refractivity contribution in [3.63, 3.8) is 0 Å². The van der Waals surface area contributed by atoms with E-state index >= 15 is 0 Å². The molecule has 0 aliphatic carbocycles. The SMILES string of the molecule is c1ccc2c(-c3c(-c4nccs4)nn4c3CCC4)ccnc2c1. The molecule has 0 N–H and O–H groups in total. The molecule has 4 heterocycles. The minimum atomic E-state index is 0.989. The van der Waals surface area contributed by atoms with E-state index < -0.39 is 0 Å². The van der Waals surface area contributed by atoms with Gasteiger partial charge in [-0.1, -0.05) is 18.2 Å². The second-order valence-corrected chi connectivity index (χ2v) is 6.60. The number of nitrogens with zero attached hydrogens (tertiary/aromatic N) is 4. The molecule has 0 spiro atoms. The highest BCUT2D eigenvalue weighted by Crippen LogP contribution is 2.40. The van der Waals surface area contributed by atoms with Gasteiger partial charge in [-0.2, -0.15) is 5.10 Å². The average molecular weight is 318 g/mol. The highest BCUT2D eigenvalue weighted by molar-refractivity contribution is 7.13. The molecule has 4 nitrogen and oxygen atoms in total. The third-order valence-electron chi connectivity index (χ3n) is 4.39. The van der Waals surface area contributed by atoms with Crippen LogP contribution in [0.4, 0.5) is 0 Å². The van der Waals surface area contributed by atoms with Crippen LogP contribution in [-0.4, -0.2) is 19.7 Å². The van der Waals surface area contributed by atoms with Gasteiger partial charge in [-0.3, -0.25) is 9.67 Å². The van der Waals surface area contributed by atoms with E-state index in [0.717, 1.165) is 35.6 Å². The first-order valence-corrected chi connectivity index (χ1v) is 8.63. The van der Waals surface area contributed by atoms with Crippen molar-refractivity contribution in [3.05, 3.63) is 53.8 Å². The zero-order valence-corrected chi connectivity index (χ0v) is 13.3. The fourth-order valence-electron chi connectivity index (χ4n) is 3.42. The molecule has 112 valence electrons. The largest absolute Gasteiger partial charge is 0.268 e. The molecule has 4 aromatic rings. The summed E-state index contributed by atoms with van der Waals surface area (Å²) in [5, 5.41) is 9.03. The fourth-order valence-corrected chi connectivity index (χ4v) is 4.05. The molecule has 0 atom stereocenters. The van der Waals surface area contributed by atoms with Crippen LogP contribution in [0.15, 0.2) is 48.1 Å². The second kappa shape index (κ2) is 4.99. The summed E-state index contributed by atoms with van der Waals surface area (Å²) in [7, 11) is 0. The third-order valence-corrected chi connectivity index (χ3v) is 5.17. The lowest BCUT2D eigenvalue weighted by molar-refractivity contribution is 0.659. The highest BCUT2D eigenvalue weighted by Gasteiger charge is 2.25. The summed E-state index contributed by atoms with van der Waals surface area (Å²) in [5.74, 6) is 0. The molecule has 1 aliphatic heterocycles. The summed E-state index contributed by atoms with van der Waals surface area (Å²) in [6.45, 7) is 0.997. The van der Waals surface area contributed by atoms with Crippen LogP contribution in [0.2, 0.25) is 0 Å². The van der Waals surface area contributed by atoms with E-state index in [1.807, 2.05) is 23.8 Å². The van der Waals surface area contributed by atoms with Crippen molar-refractivity contribution in [1.29, 1.82) is 0 Å². The first-order valence-electron chi connectivity index (χ1n) is 7.75. The van der Waals surface area contributed by atoms with Gasteiger partial charge in [0.25, 0.3) is 0 Å². The lowest BCUT2D eigenvalue weighted by Crippen LogP contribution is -1.94. The Balaban J connectivity index is 1.86. The van der Waals surface area contributed by atoms with Crippen molar-refractivity contribution in [2.75, 3.05) is 0 Å². The zero-order valence-electron chi connectivity index (χ0n) is 12.4. The number of aryl methyl sites for hydroxylation is 1. The van der Waals surface area contributed by atoms with E-state index in [4.69, 9.17) is 5.10 Å². The molecule has 0 unspecified atom stereocenters. The van der Waals surface area contributed by atoms with Crippen molar-refractivity contribution >= 4 is 22.2 Å². The summed E-state index contributed by atoms with van der Waals surface area (Å²) >= 11 is 1.64. The number of hydrogen-bond donors (Lipinski definition) is 0. The van der Waals surface area contributed by atoms with Crippen LogP contribution in [0.5, 0.6) is 0 Å². The van der Waals surface area contributed by atoms with Crippen molar-refractivity contribution in [2.24, 2.45) is 0 Å². The first kappa shape index (κ1) is 13.0. The molecule has 0 saturated heterocycles. The molecular formula is C18H14N4S. The molecular weight excluding hydrogens is 304 g/mol. The molecule has 1 aliphatic rings. The summed E-state index contributed by atoms with van der Waals surface area (Å²) in [5.41, 5.74) is 5.80. The molecule has 5 heteroatoms. The van der Waals surface area contributed by atoms with Gasteiger partial charge in [0, 0.05) is 41.0 Å². The monoisotopic (exact) mass is 318 g/mol. The second-order valence-electron chi connectivity index (χ2n) is 5.71. The summed E-state index contributed by atoms with van der Waals surface area (Å²) in [4.78, 5) is 8.99. The van der Waals surface area contributed by atoms with Crippen molar-refractivity contribution < 1.29 is 0 Å². The Morgan fingerprint density at radius 3 is 2.91 bits per heavy atom. The Morgan fingerprint density at radius 2 is 2.00 bits per heavy atom. The third kappa shape index (κ3) is 1.93. The first-order chi connectivity index (χ1) is 11.4. The van der Waals surface area contributed by atoms with Crippen molar-refractivity contribution in [2.45, 2.75) is 19.4 Å². The Morgan fingerprint density at radius 1 is 1.04 bits per heavy atom. The van der Waals surface area contributed by atoms with Gasteiger partial charge in [0.15, 0.2) is 0 Å². The van der Waals surface area contributed by atoms with E-state index in [2.05, 4.69) is 38.9 Å². The molecule has 0 saturated carbocycles. The quantitative estimate of drug-likeness (QED) is 0.557. The molecule has 1 aromatic carbocycles. The van der Waals surface area contributed by atoms with Crippen LogP contribution in [-0.2, 0) is 13.0 Å². The maximum Gasteiger partial charge on any atom is 0.144 e. The normalized spacial score (nSPS) is 13.6.